The third-order valence-corrected chi connectivity index (χ3v) is 6.48. The molecule has 0 radical (unpaired) electrons. The van der Waals surface area contributed by atoms with Crippen molar-refractivity contribution in [2.45, 2.75) is 45.4 Å². The quantitative estimate of drug-likeness (QED) is 0.264. The summed E-state index contributed by atoms with van der Waals surface area (Å²) in [5.41, 5.74) is 2.28. The molecule has 3 atom stereocenters. The van der Waals surface area contributed by atoms with E-state index in [0.29, 0.717) is 19.8 Å². The van der Waals surface area contributed by atoms with Crippen molar-refractivity contribution < 1.29 is 18.8 Å². The van der Waals surface area contributed by atoms with E-state index in [4.69, 9.17) is 18.8 Å². The van der Waals surface area contributed by atoms with Crippen LogP contribution in [-0.4, -0.2) is 32.0 Å². The van der Waals surface area contributed by atoms with Crippen molar-refractivity contribution >= 4 is 28.7 Å². The van der Waals surface area contributed by atoms with Crippen molar-refractivity contribution in [2.75, 3.05) is 6.61 Å². The largest absolute Gasteiger partial charge is 0.486 e. The van der Waals surface area contributed by atoms with E-state index in [1.165, 1.54) is 21.5 Å². The summed E-state index contributed by atoms with van der Waals surface area (Å²) in [4.78, 5) is 0. The van der Waals surface area contributed by atoms with Crippen LogP contribution in [0.15, 0.2) is 97.0 Å². The summed E-state index contributed by atoms with van der Waals surface area (Å²) >= 11 is 0. The van der Waals surface area contributed by atoms with Gasteiger partial charge in [0, 0.05) is 0 Å². The van der Waals surface area contributed by atoms with Crippen LogP contribution in [0.3, 0.4) is 0 Å². The third kappa shape index (κ3) is 6.19. The first-order valence-electron chi connectivity index (χ1n) is 12.3. The van der Waals surface area contributed by atoms with Crippen molar-refractivity contribution in [1.29, 1.82) is 0 Å². The highest BCUT2D eigenvalue weighted by molar-refractivity contribution is 6.51. The Hall–Kier alpha value is -2.96. The number of fused-ring (bicyclic) bond motifs is 2. The van der Waals surface area contributed by atoms with Gasteiger partial charge in [-0.2, -0.15) is 0 Å². The molecule has 0 amide bonds. The predicted molar refractivity (Wildman–Crippen MR) is 142 cm³/mol. The van der Waals surface area contributed by atoms with Gasteiger partial charge in [0.05, 0.1) is 38.1 Å². The van der Waals surface area contributed by atoms with E-state index in [1.54, 1.807) is 0 Å². The molecule has 4 aromatic rings. The van der Waals surface area contributed by atoms with Crippen LogP contribution in [0.4, 0.5) is 0 Å². The highest BCUT2D eigenvalue weighted by Crippen LogP contribution is 2.20. The van der Waals surface area contributed by atoms with Gasteiger partial charge in [-0.05, 0) is 58.7 Å². The zero-order chi connectivity index (χ0) is 24.0. The lowest BCUT2D eigenvalue weighted by Gasteiger charge is -2.16. The molecule has 1 heterocycles. The van der Waals surface area contributed by atoms with Crippen LogP contribution < -0.4 is 0 Å². The molecule has 0 saturated carbocycles. The molecule has 0 spiro atoms. The molecular formula is C30H31BO4. The highest BCUT2D eigenvalue weighted by atomic mass is 16.6. The molecule has 178 valence electrons. The van der Waals surface area contributed by atoms with E-state index in [0.717, 1.165) is 11.1 Å². The number of rotatable bonds is 9. The number of ether oxygens (including phenoxy) is 2. The van der Waals surface area contributed by atoms with Crippen LogP contribution in [0, 0.1) is 0 Å². The van der Waals surface area contributed by atoms with E-state index in [9.17, 15) is 0 Å². The fraction of sp³-hybridized carbons (Fsp3) is 0.267. The van der Waals surface area contributed by atoms with Crippen molar-refractivity contribution in [1.82, 2.24) is 0 Å². The average Bonchev–Trinajstić information content (AvgIpc) is 3.21. The Balaban J connectivity index is 1.23. The van der Waals surface area contributed by atoms with Gasteiger partial charge >= 0.3 is 7.12 Å². The maximum absolute atomic E-state index is 6.28. The Bertz CT molecular complexity index is 1290. The minimum atomic E-state index is -0.354. The van der Waals surface area contributed by atoms with E-state index < -0.39 is 0 Å². The molecule has 1 saturated heterocycles. The Morgan fingerprint density at radius 1 is 0.743 bits per heavy atom. The molecule has 0 N–H and O–H groups in total. The van der Waals surface area contributed by atoms with Gasteiger partial charge in [-0.25, -0.2) is 0 Å². The Labute approximate surface area is 207 Å². The molecule has 5 rings (SSSR count). The van der Waals surface area contributed by atoms with Crippen molar-refractivity contribution in [3.05, 3.63) is 108 Å². The summed E-state index contributed by atoms with van der Waals surface area (Å²) in [5, 5.41) is 4.89. The van der Waals surface area contributed by atoms with Crippen molar-refractivity contribution in [3.8, 4) is 0 Å². The maximum atomic E-state index is 6.28. The second kappa shape index (κ2) is 11.2. The van der Waals surface area contributed by atoms with Crippen LogP contribution in [-0.2, 0) is 32.0 Å². The van der Waals surface area contributed by atoms with Crippen LogP contribution in [0.1, 0.15) is 25.0 Å². The first-order chi connectivity index (χ1) is 17.1. The molecule has 0 aliphatic carbocycles. The summed E-state index contributed by atoms with van der Waals surface area (Å²) in [6, 6.07) is 29.6. The minimum absolute atomic E-state index is 0.0748. The molecule has 0 bridgehead atoms. The molecule has 1 aliphatic rings. The predicted octanol–water partition coefficient (Wildman–Crippen LogP) is 6.50. The normalized spacial score (nSPS) is 19.2. The van der Waals surface area contributed by atoms with Crippen molar-refractivity contribution in [2.24, 2.45) is 0 Å². The lowest BCUT2D eigenvalue weighted by atomic mass is 9.90. The van der Waals surface area contributed by atoms with E-state index in [-0.39, 0.29) is 25.4 Å². The van der Waals surface area contributed by atoms with Gasteiger partial charge < -0.3 is 18.8 Å². The first-order valence-corrected chi connectivity index (χ1v) is 12.3. The van der Waals surface area contributed by atoms with Crippen molar-refractivity contribution in [3.63, 3.8) is 0 Å². The summed E-state index contributed by atoms with van der Waals surface area (Å²) in [6.45, 7) is 5.52. The molecule has 35 heavy (non-hydrogen) atoms. The van der Waals surface area contributed by atoms with Crippen LogP contribution >= 0.6 is 0 Å². The smallest absolute Gasteiger partial charge is 0.403 e. The minimum Gasteiger partial charge on any atom is -0.403 e. The molecular weight excluding hydrogens is 435 g/mol. The Morgan fingerprint density at radius 3 is 1.89 bits per heavy atom. The van der Waals surface area contributed by atoms with Crippen LogP contribution in [0.2, 0.25) is 0 Å². The zero-order valence-corrected chi connectivity index (χ0v) is 20.3. The van der Waals surface area contributed by atoms with Gasteiger partial charge in [0.1, 0.15) is 0 Å². The average molecular weight is 466 g/mol. The number of hydrogen-bond donors (Lipinski definition) is 0. The van der Waals surface area contributed by atoms with Gasteiger partial charge in [-0.3, -0.25) is 0 Å². The Morgan fingerprint density at radius 2 is 1.29 bits per heavy atom. The SMILES string of the molecule is CC1OB(/C=C/C(COCc2ccc3ccccc3c2)OCc2ccc3ccccc3c2)OC1C. The van der Waals surface area contributed by atoms with Gasteiger partial charge in [-0.1, -0.05) is 84.8 Å². The third-order valence-electron chi connectivity index (χ3n) is 6.48. The maximum Gasteiger partial charge on any atom is 0.486 e. The van der Waals surface area contributed by atoms with Crippen LogP contribution in [0.25, 0.3) is 21.5 Å². The fourth-order valence-corrected chi connectivity index (χ4v) is 4.29. The zero-order valence-electron chi connectivity index (χ0n) is 20.3. The second-order valence-electron chi connectivity index (χ2n) is 9.16. The van der Waals surface area contributed by atoms with Gasteiger partial charge in [-0.15, -0.1) is 0 Å². The molecule has 4 aromatic carbocycles. The van der Waals surface area contributed by atoms with E-state index >= 15 is 0 Å². The lowest BCUT2D eigenvalue weighted by molar-refractivity contribution is -0.00522. The van der Waals surface area contributed by atoms with E-state index in [1.807, 2.05) is 25.9 Å². The molecule has 1 fully saturated rings. The monoisotopic (exact) mass is 466 g/mol. The molecule has 5 heteroatoms. The summed E-state index contributed by atoms with van der Waals surface area (Å²) in [7, 11) is -0.354. The first kappa shape index (κ1) is 23.8. The summed E-state index contributed by atoms with van der Waals surface area (Å²) < 4.78 is 24.1. The Kier molecular flexibility index (Phi) is 7.60. The van der Waals surface area contributed by atoms with Crippen LogP contribution in [0.5, 0.6) is 0 Å². The number of benzene rings is 4. The highest BCUT2D eigenvalue weighted by Gasteiger charge is 2.32. The standard InChI is InChI=1S/C30H31BO4/c1-22-23(2)35-31(34-22)16-15-30(33-20-25-12-14-27-8-4-6-10-29(27)18-25)21-32-19-24-11-13-26-7-3-5-9-28(26)17-24/h3-18,22-23,30H,19-21H2,1-2H3/b16-15+. The topological polar surface area (TPSA) is 36.9 Å². The van der Waals surface area contributed by atoms with Gasteiger partial charge in [0.2, 0.25) is 0 Å². The van der Waals surface area contributed by atoms with Gasteiger partial charge in [0.25, 0.3) is 0 Å². The summed E-state index contributed by atoms with van der Waals surface area (Å²) in [5.74, 6) is 1.93. The molecule has 0 aromatic heterocycles. The van der Waals surface area contributed by atoms with Gasteiger partial charge in [0.15, 0.2) is 0 Å². The number of hydrogen-bond acceptors (Lipinski definition) is 4. The molecule has 4 nitrogen and oxygen atoms in total. The van der Waals surface area contributed by atoms with E-state index in [2.05, 4.69) is 84.9 Å². The second-order valence-corrected chi connectivity index (χ2v) is 9.16. The summed E-state index contributed by atoms with van der Waals surface area (Å²) in [6.07, 6.45) is 1.92. The molecule has 1 aliphatic heterocycles. The lowest BCUT2D eigenvalue weighted by Crippen LogP contribution is -2.20. The molecule has 3 unspecified atom stereocenters. The fourth-order valence-electron chi connectivity index (χ4n) is 4.29.